The Balaban J connectivity index is 1.56. The van der Waals surface area contributed by atoms with Crippen molar-refractivity contribution < 1.29 is 18.8 Å². The van der Waals surface area contributed by atoms with Gasteiger partial charge in [-0.2, -0.15) is 0 Å². The fraction of sp³-hybridized carbons (Fsp3) is 0.200. The fourth-order valence-electron chi connectivity index (χ4n) is 2.44. The molecule has 27 heavy (non-hydrogen) atoms. The summed E-state index contributed by atoms with van der Waals surface area (Å²) in [6, 6.07) is 16.7. The molecule has 0 aliphatic carbocycles. The van der Waals surface area contributed by atoms with Crippen LogP contribution >= 0.6 is 0 Å². The molecule has 2 amide bonds. The van der Waals surface area contributed by atoms with Crippen molar-refractivity contribution in [1.29, 1.82) is 0 Å². The van der Waals surface area contributed by atoms with E-state index in [0.717, 1.165) is 11.1 Å². The number of carbonyl (C=O) groups excluding carboxylic acids is 1. The topological polar surface area (TPSA) is 85.6 Å². The number of methoxy groups -OCH3 is 1. The predicted octanol–water partition coefficient (Wildman–Crippen LogP) is 3.89. The van der Waals surface area contributed by atoms with E-state index in [0.29, 0.717) is 36.2 Å². The Kier molecular flexibility index (Phi) is 5.94. The van der Waals surface area contributed by atoms with Gasteiger partial charge in [0.05, 0.1) is 7.11 Å². The molecule has 3 aromatic rings. The lowest BCUT2D eigenvalue weighted by atomic mass is 10.2. The average molecular weight is 367 g/mol. The van der Waals surface area contributed by atoms with Crippen molar-refractivity contribution in [2.45, 2.75) is 20.1 Å². The third-order valence-corrected chi connectivity index (χ3v) is 3.79. The van der Waals surface area contributed by atoms with Gasteiger partial charge in [0.25, 0.3) is 0 Å². The molecule has 0 radical (unpaired) electrons. The summed E-state index contributed by atoms with van der Waals surface area (Å²) in [7, 11) is 1.58. The van der Waals surface area contributed by atoms with E-state index in [4.69, 9.17) is 14.0 Å². The number of nitrogens with one attached hydrogen (secondary N) is 2. The zero-order valence-electron chi connectivity index (χ0n) is 15.2. The van der Waals surface area contributed by atoms with Crippen molar-refractivity contribution in [3.63, 3.8) is 0 Å². The molecule has 0 saturated heterocycles. The van der Waals surface area contributed by atoms with Crippen LogP contribution in [-0.2, 0) is 13.2 Å². The smallest absolute Gasteiger partial charge is 0.320 e. The van der Waals surface area contributed by atoms with E-state index in [1.807, 2.05) is 48.5 Å². The molecule has 3 rings (SSSR count). The summed E-state index contributed by atoms with van der Waals surface area (Å²) >= 11 is 0. The average Bonchev–Trinajstić information content (AvgIpc) is 3.10. The standard InChI is InChI=1S/C20H21N3O4/c1-14-10-19(23-27-14)22-20(24)21-12-16-8-9-17(18(11-16)25-2)26-13-15-6-4-3-5-7-15/h3-11H,12-13H2,1-2H3,(H2,21,22,23,24). The van der Waals surface area contributed by atoms with Crippen LogP contribution in [0.2, 0.25) is 0 Å². The molecule has 0 fully saturated rings. The zero-order chi connectivity index (χ0) is 19.1. The van der Waals surface area contributed by atoms with Gasteiger partial charge >= 0.3 is 6.03 Å². The maximum Gasteiger partial charge on any atom is 0.320 e. The number of benzene rings is 2. The quantitative estimate of drug-likeness (QED) is 0.662. The van der Waals surface area contributed by atoms with Gasteiger partial charge in [0.1, 0.15) is 12.4 Å². The number of ether oxygens (including phenoxy) is 2. The third kappa shape index (κ3) is 5.24. The number of hydrogen-bond acceptors (Lipinski definition) is 5. The Morgan fingerprint density at radius 1 is 1.07 bits per heavy atom. The Morgan fingerprint density at radius 2 is 1.89 bits per heavy atom. The zero-order valence-corrected chi connectivity index (χ0v) is 15.2. The maximum absolute atomic E-state index is 11.9. The van der Waals surface area contributed by atoms with Crippen LogP contribution in [0.1, 0.15) is 16.9 Å². The van der Waals surface area contributed by atoms with Crippen LogP contribution in [0.3, 0.4) is 0 Å². The minimum atomic E-state index is -0.369. The molecule has 1 heterocycles. The summed E-state index contributed by atoms with van der Waals surface area (Å²) in [4.78, 5) is 11.9. The third-order valence-electron chi connectivity index (χ3n) is 3.79. The number of urea groups is 1. The molecule has 2 aromatic carbocycles. The first-order valence-electron chi connectivity index (χ1n) is 8.46. The predicted molar refractivity (Wildman–Crippen MR) is 101 cm³/mol. The number of amides is 2. The van der Waals surface area contributed by atoms with Crippen LogP contribution in [-0.4, -0.2) is 18.3 Å². The first-order valence-corrected chi connectivity index (χ1v) is 8.46. The van der Waals surface area contributed by atoms with Gasteiger partial charge in [0.15, 0.2) is 17.3 Å². The lowest BCUT2D eigenvalue weighted by Gasteiger charge is -2.13. The van der Waals surface area contributed by atoms with E-state index < -0.39 is 0 Å². The molecule has 0 saturated carbocycles. The summed E-state index contributed by atoms with van der Waals surface area (Å²) in [5.41, 5.74) is 1.95. The largest absolute Gasteiger partial charge is 0.493 e. The second-order valence-corrected chi connectivity index (χ2v) is 5.89. The van der Waals surface area contributed by atoms with E-state index in [-0.39, 0.29) is 6.03 Å². The van der Waals surface area contributed by atoms with Crippen LogP contribution in [0.15, 0.2) is 59.1 Å². The molecule has 0 atom stereocenters. The lowest BCUT2D eigenvalue weighted by molar-refractivity contribution is 0.251. The van der Waals surface area contributed by atoms with Crippen LogP contribution in [0.5, 0.6) is 11.5 Å². The number of hydrogen-bond donors (Lipinski definition) is 2. The fourth-order valence-corrected chi connectivity index (χ4v) is 2.44. The molecule has 7 heteroatoms. The molecular formula is C20H21N3O4. The first kappa shape index (κ1) is 18.3. The summed E-state index contributed by atoms with van der Waals surface area (Å²) in [6.45, 7) is 2.54. The molecule has 0 aliphatic rings. The molecule has 1 aromatic heterocycles. The molecular weight excluding hydrogens is 346 g/mol. The second kappa shape index (κ2) is 8.75. The van der Waals surface area contributed by atoms with Crippen molar-refractivity contribution in [3.8, 4) is 11.5 Å². The van der Waals surface area contributed by atoms with E-state index in [9.17, 15) is 4.79 Å². The van der Waals surface area contributed by atoms with Crippen LogP contribution in [0, 0.1) is 6.92 Å². The molecule has 140 valence electrons. The highest BCUT2D eigenvalue weighted by Gasteiger charge is 2.09. The highest BCUT2D eigenvalue weighted by molar-refractivity contribution is 5.88. The Bertz CT molecular complexity index is 893. The van der Waals surface area contributed by atoms with Crippen LogP contribution in [0.4, 0.5) is 10.6 Å². The summed E-state index contributed by atoms with van der Waals surface area (Å²) in [5, 5.41) is 9.07. The van der Waals surface area contributed by atoms with Gasteiger partial charge in [-0.05, 0) is 30.2 Å². The number of aromatic nitrogens is 1. The van der Waals surface area contributed by atoms with Crippen LogP contribution in [0.25, 0.3) is 0 Å². The van der Waals surface area contributed by atoms with Gasteiger partial charge in [-0.15, -0.1) is 0 Å². The van der Waals surface area contributed by atoms with Crippen molar-refractivity contribution in [2.24, 2.45) is 0 Å². The number of rotatable bonds is 7. The number of nitrogens with zero attached hydrogens (tertiary/aromatic N) is 1. The molecule has 0 spiro atoms. The SMILES string of the molecule is COc1cc(CNC(=O)Nc2cc(C)on2)ccc1OCc1ccccc1. The highest BCUT2D eigenvalue weighted by atomic mass is 16.5. The van der Waals surface area contributed by atoms with Crippen molar-refractivity contribution >= 4 is 11.8 Å². The van der Waals surface area contributed by atoms with Gasteiger partial charge in [0.2, 0.25) is 0 Å². The van der Waals surface area contributed by atoms with Crippen molar-refractivity contribution in [2.75, 3.05) is 12.4 Å². The van der Waals surface area contributed by atoms with Gasteiger partial charge in [-0.3, -0.25) is 5.32 Å². The van der Waals surface area contributed by atoms with Gasteiger partial charge < -0.3 is 19.3 Å². The Hall–Kier alpha value is -3.48. The summed E-state index contributed by atoms with van der Waals surface area (Å²) < 4.78 is 16.1. The number of aryl methyl sites for hydroxylation is 1. The normalized spacial score (nSPS) is 10.3. The lowest BCUT2D eigenvalue weighted by Crippen LogP contribution is -2.28. The second-order valence-electron chi connectivity index (χ2n) is 5.89. The summed E-state index contributed by atoms with van der Waals surface area (Å²) in [5.74, 6) is 2.25. The molecule has 0 aliphatic heterocycles. The van der Waals surface area contributed by atoms with Gasteiger partial charge in [-0.1, -0.05) is 41.6 Å². The Morgan fingerprint density at radius 3 is 2.59 bits per heavy atom. The van der Waals surface area contributed by atoms with Crippen LogP contribution < -0.4 is 20.1 Å². The highest BCUT2D eigenvalue weighted by Crippen LogP contribution is 2.28. The molecule has 0 bridgehead atoms. The van der Waals surface area contributed by atoms with Gasteiger partial charge in [-0.25, -0.2) is 4.79 Å². The van der Waals surface area contributed by atoms with E-state index in [2.05, 4.69) is 15.8 Å². The Labute approximate surface area is 157 Å². The monoisotopic (exact) mass is 367 g/mol. The first-order chi connectivity index (χ1) is 13.1. The number of anilines is 1. The minimum Gasteiger partial charge on any atom is -0.493 e. The molecule has 7 nitrogen and oxygen atoms in total. The van der Waals surface area contributed by atoms with Crippen molar-refractivity contribution in [1.82, 2.24) is 10.5 Å². The molecule has 2 N–H and O–H groups in total. The minimum absolute atomic E-state index is 0.331. The maximum atomic E-state index is 11.9. The van der Waals surface area contributed by atoms with E-state index in [1.165, 1.54) is 0 Å². The summed E-state index contributed by atoms with van der Waals surface area (Å²) in [6.07, 6.45) is 0. The van der Waals surface area contributed by atoms with Crippen molar-refractivity contribution in [3.05, 3.63) is 71.5 Å². The molecule has 0 unspecified atom stereocenters. The number of carbonyl (C=O) groups is 1. The van der Waals surface area contributed by atoms with E-state index in [1.54, 1.807) is 20.1 Å². The van der Waals surface area contributed by atoms with Gasteiger partial charge in [0, 0.05) is 12.6 Å². The van der Waals surface area contributed by atoms with E-state index >= 15 is 0 Å².